The van der Waals surface area contributed by atoms with Gasteiger partial charge in [0.2, 0.25) is 5.88 Å². The molecule has 0 saturated carbocycles. The summed E-state index contributed by atoms with van der Waals surface area (Å²) >= 11 is 0. The average Bonchev–Trinajstić information content (AvgIpc) is 2.49. The lowest BCUT2D eigenvalue weighted by molar-refractivity contribution is -0.155. The maximum absolute atomic E-state index is 12.2. The number of methoxy groups -OCH3 is 1. The summed E-state index contributed by atoms with van der Waals surface area (Å²) in [6, 6.07) is 2.27. The van der Waals surface area contributed by atoms with Gasteiger partial charge in [-0.3, -0.25) is 9.79 Å². The molecular formula is C17H24F2N2O4. The molecule has 6 nitrogen and oxygen atoms in total. The highest BCUT2D eigenvalue weighted by molar-refractivity contribution is 5.72. The van der Waals surface area contributed by atoms with E-state index in [2.05, 4.69) is 14.7 Å². The first-order valence-corrected chi connectivity index (χ1v) is 7.79. The van der Waals surface area contributed by atoms with Gasteiger partial charge in [-0.25, -0.2) is 4.98 Å². The van der Waals surface area contributed by atoms with Crippen molar-refractivity contribution in [2.75, 3.05) is 7.11 Å². The Morgan fingerprint density at radius 3 is 2.52 bits per heavy atom. The summed E-state index contributed by atoms with van der Waals surface area (Å²) in [5.74, 6) is -0.628. The van der Waals surface area contributed by atoms with Crippen LogP contribution in [0.4, 0.5) is 8.78 Å². The van der Waals surface area contributed by atoms with Crippen molar-refractivity contribution in [3.05, 3.63) is 23.9 Å². The molecule has 0 fully saturated rings. The Balaban J connectivity index is 2.93. The summed E-state index contributed by atoms with van der Waals surface area (Å²) in [6.07, 6.45) is 2.66. The van der Waals surface area contributed by atoms with E-state index in [0.29, 0.717) is 5.56 Å². The molecule has 0 amide bonds. The van der Waals surface area contributed by atoms with Gasteiger partial charge in [0, 0.05) is 25.6 Å². The van der Waals surface area contributed by atoms with Crippen LogP contribution in [0, 0.1) is 0 Å². The normalized spacial score (nSPS) is 14.6. The largest absolute Gasteiger partial charge is 0.460 e. The molecule has 0 saturated heterocycles. The Morgan fingerprint density at radius 1 is 1.36 bits per heavy atom. The summed E-state index contributed by atoms with van der Waals surface area (Å²) in [6.45, 7) is 4.17. The number of carbonyl (C=O) groups excluding carboxylic acids is 1. The van der Waals surface area contributed by atoms with E-state index >= 15 is 0 Å². The topological polar surface area (TPSA) is 70.0 Å². The second-order valence-corrected chi connectivity index (χ2v) is 6.35. The van der Waals surface area contributed by atoms with Gasteiger partial charge >= 0.3 is 12.6 Å². The molecule has 0 aliphatic carbocycles. The van der Waals surface area contributed by atoms with Crippen LogP contribution in [0.5, 0.6) is 5.88 Å². The van der Waals surface area contributed by atoms with Crippen molar-refractivity contribution >= 4 is 12.2 Å². The summed E-state index contributed by atoms with van der Waals surface area (Å²) in [5, 5.41) is 0. The first-order chi connectivity index (χ1) is 11.6. The van der Waals surface area contributed by atoms with Crippen LogP contribution in [0.25, 0.3) is 0 Å². The SMILES string of the molecule is COC(C)C=NC(CC(=O)OC(C)(C)C)c1ccc(OC(F)F)nc1. The molecule has 1 aromatic heterocycles. The van der Waals surface area contributed by atoms with Crippen LogP contribution in [0.3, 0.4) is 0 Å². The molecule has 2 atom stereocenters. The van der Waals surface area contributed by atoms with E-state index in [-0.39, 0.29) is 18.4 Å². The zero-order valence-electron chi connectivity index (χ0n) is 15.0. The molecule has 0 spiro atoms. The number of carbonyl (C=O) groups is 1. The van der Waals surface area contributed by atoms with E-state index in [1.807, 2.05) is 0 Å². The standard InChI is InChI=1S/C17H24F2N2O4/c1-11(23-5)9-20-13(8-15(22)25-17(2,3)4)12-6-7-14(21-10-12)24-16(18)19/h6-7,9-11,13,16H,8H2,1-5H3. The molecule has 8 heteroatoms. The predicted octanol–water partition coefficient (Wildman–Crippen LogP) is 3.56. The number of pyridine rings is 1. The van der Waals surface area contributed by atoms with Gasteiger partial charge in [0.15, 0.2) is 0 Å². The molecule has 0 radical (unpaired) electrons. The number of alkyl halides is 2. The maximum Gasteiger partial charge on any atom is 0.388 e. The lowest BCUT2D eigenvalue weighted by atomic mass is 10.1. The van der Waals surface area contributed by atoms with Crippen molar-refractivity contribution in [1.29, 1.82) is 0 Å². The highest BCUT2D eigenvalue weighted by Crippen LogP contribution is 2.24. The van der Waals surface area contributed by atoms with Crippen LogP contribution in [-0.2, 0) is 14.3 Å². The first kappa shape index (κ1) is 21.0. The molecule has 1 aromatic rings. The predicted molar refractivity (Wildman–Crippen MR) is 89.0 cm³/mol. The summed E-state index contributed by atoms with van der Waals surface area (Å²) in [7, 11) is 1.54. The number of ether oxygens (including phenoxy) is 3. The van der Waals surface area contributed by atoms with Crippen molar-refractivity contribution in [3.63, 3.8) is 0 Å². The molecule has 0 bridgehead atoms. The Kier molecular flexibility index (Phi) is 7.89. The Bertz CT molecular complexity index is 571. The first-order valence-electron chi connectivity index (χ1n) is 7.79. The number of hydrogen-bond donors (Lipinski definition) is 0. The van der Waals surface area contributed by atoms with Gasteiger partial charge in [-0.05, 0) is 39.3 Å². The number of nitrogens with zero attached hydrogens (tertiary/aromatic N) is 2. The molecule has 140 valence electrons. The van der Waals surface area contributed by atoms with Gasteiger partial charge < -0.3 is 14.2 Å². The van der Waals surface area contributed by atoms with E-state index in [9.17, 15) is 13.6 Å². The quantitative estimate of drug-likeness (QED) is 0.525. The molecule has 0 aromatic carbocycles. The number of halogens is 2. The molecule has 1 rings (SSSR count). The molecule has 1 heterocycles. The second kappa shape index (κ2) is 9.41. The van der Waals surface area contributed by atoms with Crippen molar-refractivity contribution in [3.8, 4) is 5.88 Å². The van der Waals surface area contributed by atoms with Gasteiger partial charge in [-0.15, -0.1) is 0 Å². The molecule has 2 unspecified atom stereocenters. The van der Waals surface area contributed by atoms with Gasteiger partial charge in [0.25, 0.3) is 0 Å². The Morgan fingerprint density at radius 2 is 2.04 bits per heavy atom. The van der Waals surface area contributed by atoms with Gasteiger partial charge in [0.05, 0.1) is 18.6 Å². The fraction of sp³-hybridized carbons (Fsp3) is 0.588. The minimum Gasteiger partial charge on any atom is -0.460 e. The number of rotatable bonds is 8. The third-order valence-corrected chi connectivity index (χ3v) is 2.98. The van der Waals surface area contributed by atoms with E-state index in [4.69, 9.17) is 9.47 Å². The van der Waals surface area contributed by atoms with Crippen molar-refractivity contribution < 1.29 is 27.8 Å². The monoisotopic (exact) mass is 358 g/mol. The van der Waals surface area contributed by atoms with Crippen LogP contribution >= 0.6 is 0 Å². The Hall–Kier alpha value is -2.09. The third-order valence-electron chi connectivity index (χ3n) is 2.98. The molecule has 0 aliphatic heterocycles. The van der Waals surface area contributed by atoms with Crippen LogP contribution in [0.2, 0.25) is 0 Å². The van der Waals surface area contributed by atoms with Crippen molar-refractivity contribution in [1.82, 2.24) is 4.98 Å². The number of esters is 1. The number of hydrogen-bond acceptors (Lipinski definition) is 6. The zero-order valence-corrected chi connectivity index (χ0v) is 15.0. The minimum absolute atomic E-state index is 0.0130. The fourth-order valence-corrected chi connectivity index (χ4v) is 1.83. The van der Waals surface area contributed by atoms with Crippen LogP contribution in [0.15, 0.2) is 23.3 Å². The molecule has 0 aliphatic rings. The molecular weight excluding hydrogens is 334 g/mol. The smallest absolute Gasteiger partial charge is 0.388 e. The summed E-state index contributed by atoms with van der Waals surface area (Å²) in [5.41, 5.74) is -0.0368. The highest BCUT2D eigenvalue weighted by atomic mass is 19.3. The van der Waals surface area contributed by atoms with Crippen LogP contribution in [0.1, 0.15) is 45.7 Å². The van der Waals surface area contributed by atoms with Gasteiger partial charge in [0.1, 0.15) is 5.60 Å². The summed E-state index contributed by atoms with van der Waals surface area (Å²) in [4.78, 5) is 20.3. The number of aliphatic imine (C=N–C) groups is 1. The lowest BCUT2D eigenvalue weighted by Gasteiger charge is -2.21. The van der Waals surface area contributed by atoms with E-state index in [1.54, 1.807) is 33.9 Å². The Labute approximate surface area is 146 Å². The molecule has 0 N–H and O–H groups in total. The van der Waals surface area contributed by atoms with Crippen LogP contribution < -0.4 is 4.74 Å². The van der Waals surface area contributed by atoms with E-state index < -0.39 is 24.2 Å². The minimum atomic E-state index is -2.95. The van der Waals surface area contributed by atoms with E-state index in [1.165, 1.54) is 25.4 Å². The van der Waals surface area contributed by atoms with Gasteiger partial charge in [-0.2, -0.15) is 8.78 Å². The van der Waals surface area contributed by atoms with Crippen molar-refractivity contribution in [2.45, 2.75) is 58.5 Å². The molecule has 25 heavy (non-hydrogen) atoms. The number of aromatic nitrogens is 1. The van der Waals surface area contributed by atoms with Crippen molar-refractivity contribution in [2.24, 2.45) is 4.99 Å². The second-order valence-electron chi connectivity index (χ2n) is 6.35. The lowest BCUT2D eigenvalue weighted by Crippen LogP contribution is -2.25. The van der Waals surface area contributed by atoms with E-state index in [0.717, 1.165) is 0 Å². The highest BCUT2D eigenvalue weighted by Gasteiger charge is 2.21. The average molecular weight is 358 g/mol. The zero-order chi connectivity index (χ0) is 19.0. The summed E-state index contributed by atoms with van der Waals surface area (Å²) < 4.78 is 39.0. The fourth-order valence-electron chi connectivity index (χ4n) is 1.83. The maximum atomic E-state index is 12.2. The third kappa shape index (κ3) is 8.53. The van der Waals surface area contributed by atoms with Crippen LogP contribution in [-0.4, -0.2) is 42.6 Å². The van der Waals surface area contributed by atoms with Gasteiger partial charge in [-0.1, -0.05) is 0 Å².